The summed E-state index contributed by atoms with van der Waals surface area (Å²) in [7, 11) is 1.61. The fourth-order valence-electron chi connectivity index (χ4n) is 2.79. The van der Waals surface area contributed by atoms with Crippen LogP contribution in [0.2, 0.25) is 0 Å². The topological polar surface area (TPSA) is 109 Å². The first-order valence-corrected chi connectivity index (χ1v) is 10.4. The zero-order valence-corrected chi connectivity index (χ0v) is 17.4. The van der Waals surface area contributed by atoms with E-state index in [1.165, 1.54) is 0 Å². The largest absolute Gasteiger partial charge is 0.497 e. The first kappa shape index (κ1) is 21.9. The first-order chi connectivity index (χ1) is 14.5. The normalized spacial score (nSPS) is 16.8. The number of amides is 2. The van der Waals surface area contributed by atoms with Gasteiger partial charge < -0.3 is 25.2 Å². The van der Waals surface area contributed by atoms with E-state index in [2.05, 4.69) is 16.0 Å². The number of thioether (sulfide) groups is 1. The molecule has 2 atom stereocenters. The van der Waals surface area contributed by atoms with Gasteiger partial charge in [0.15, 0.2) is 5.37 Å². The number of carbonyl (C=O) groups is 2. The van der Waals surface area contributed by atoms with E-state index in [0.717, 1.165) is 35.2 Å². The summed E-state index contributed by atoms with van der Waals surface area (Å²) in [6.45, 7) is 1.34. The van der Waals surface area contributed by atoms with Crippen LogP contribution in [-0.2, 0) is 11.2 Å². The van der Waals surface area contributed by atoms with E-state index in [1.54, 1.807) is 19.2 Å². The number of nitrogens with one attached hydrogen (secondary N) is 3. The Labute approximate surface area is 179 Å². The van der Waals surface area contributed by atoms with Crippen LogP contribution in [0.25, 0.3) is 0 Å². The average Bonchev–Trinajstić information content (AvgIpc) is 3.07. The molecule has 0 spiro atoms. The van der Waals surface area contributed by atoms with Crippen molar-refractivity contribution in [2.75, 3.05) is 32.1 Å². The van der Waals surface area contributed by atoms with Crippen molar-refractivity contribution in [3.05, 3.63) is 54.1 Å². The molecule has 2 amide bonds. The van der Waals surface area contributed by atoms with E-state index in [9.17, 15) is 14.7 Å². The van der Waals surface area contributed by atoms with Crippen LogP contribution in [0.1, 0.15) is 5.56 Å². The van der Waals surface area contributed by atoms with Crippen molar-refractivity contribution < 1.29 is 24.2 Å². The van der Waals surface area contributed by atoms with Crippen LogP contribution in [-0.4, -0.2) is 54.5 Å². The minimum absolute atomic E-state index is 0.203. The molecule has 0 bridgehead atoms. The highest BCUT2D eigenvalue weighted by atomic mass is 32.2. The van der Waals surface area contributed by atoms with Crippen molar-refractivity contribution in [1.29, 1.82) is 0 Å². The van der Waals surface area contributed by atoms with Crippen molar-refractivity contribution in [3.63, 3.8) is 0 Å². The zero-order valence-electron chi connectivity index (χ0n) is 16.6. The van der Waals surface area contributed by atoms with Gasteiger partial charge >= 0.3 is 0 Å². The summed E-state index contributed by atoms with van der Waals surface area (Å²) in [5, 5.41) is 17.6. The first-order valence-electron chi connectivity index (χ1n) is 9.56. The smallest absolute Gasteiger partial charge is 0.288 e. The standard InChI is InChI=1S/C21H25N3O5S/c1-28-17-6-8-18(9-7-17)29-13-16(25)12-22-11-10-14-2-4-15(5-3-14)23-20-19(26)24-21(27)30-20/h2-9,16,20,22-23,25H,10-13H2,1H3,(H,24,26,27). The molecule has 3 rings (SSSR count). The van der Waals surface area contributed by atoms with Gasteiger partial charge in [0, 0.05) is 12.2 Å². The van der Waals surface area contributed by atoms with Gasteiger partial charge in [0.1, 0.15) is 24.2 Å². The number of rotatable bonds is 11. The Bertz CT molecular complexity index is 845. The zero-order chi connectivity index (χ0) is 21.3. The summed E-state index contributed by atoms with van der Waals surface area (Å²) in [6, 6.07) is 14.9. The Hall–Kier alpha value is -2.75. The van der Waals surface area contributed by atoms with Crippen molar-refractivity contribution >= 4 is 28.6 Å². The van der Waals surface area contributed by atoms with Crippen LogP contribution in [0.4, 0.5) is 10.5 Å². The molecule has 0 aromatic heterocycles. The molecule has 4 N–H and O–H groups in total. The van der Waals surface area contributed by atoms with Crippen LogP contribution in [0, 0.1) is 0 Å². The molecular formula is C21H25N3O5S. The van der Waals surface area contributed by atoms with Crippen molar-refractivity contribution in [3.8, 4) is 11.5 Å². The Morgan fingerprint density at radius 1 is 1.10 bits per heavy atom. The lowest BCUT2D eigenvalue weighted by Gasteiger charge is -2.14. The number of carbonyl (C=O) groups excluding carboxylic acids is 2. The van der Waals surface area contributed by atoms with Gasteiger partial charge in [-0.1, -0.05) is 12.1 Å². The van der Waals surface area contributed by atoms with Crippen molar-refractivity contribution in [2.45, 2.75) is 17.9 Å². The van der Waals surface area contributed by atoms with E-state index >= 15 is 0 Å². The molecular weight excluding hydrogens is 406 g/mol. The fraction of sp³-hybridized carbons (Fsp3) is 0.333. The van der Waals surface area contributed by atoms with Crippen LogP contribution in [0.15, 0.2) is 48.5 Å². The maximum absolute atomic E-state index is 11.6. The SMILES string of the molecule is COc1ccc(OCC(O)CNCCc2ccc(NC3SC(=O)NC3=O)cc2)cc1. The lowest BCUT2D eigenvalue weighted by molar-refractivity contribution is -0.118. The quantitative estimate of drug-likeness (QED) is 0.400. The molecule has 1 saturated heterocycles. The molecule has 0 aliphatic carbocycles. The maximum atomic E-state index is 11.6. The number of aliphatic hydroxyl groups excluding tert-OH is 1. The maximum Gasteiger partial charge on any atom is 0.288 e. The molecule has 1 aliphatic rings. The molecule has 1 fully saturated rings. The van der Waals surface area contributed by atoms with Gasteiger partial charge in [-0.05, 0) is 66.7 Å². The van der Waals surface area contributed by atoms with Gasteiger partial charge in [-0.15, -0.1) is 0 Å². The van der Waals surface area contributed by atoms with Gasteiger partial charge in [-0.3, -0.25) is 14.9 Å². The second-order valence-electron chi connectivity index (χ2n) is 6.71. The van der Waals surface area contributed by atoms with E-state index < -0.39 is 11.5 Å². The van der Waals surface area contributed by atoms with Gasteiger partial charge in [-0.25, -0.2) is 0 Å². The summed E-state index contributed by atoms with van der Waals surface area (Å²) in [5.74, 6) is 1.11. The Morgan fingerprint density at radius 2 is 1.80 bits per heavy atom. The monoisotopic (exact) mass is 431 g/mol. The van der Waals surface area contributed by atoms with E-state index in [0.29, 0.717) is 18.8 Å². The average molecular weight is 432 g/mol. The number of imide groups is 1. The molecule has 1 heterocycles. The van der Waals surface area contributed by atoms with E-state index in [-0.39, 0.29) is 17.8 Å². The Balaban J connectivity index is 1.31. The number of benzene rings is 2. The van der Waals surface area contributed by atoms with Crippen molar-refractivity contribution in [1.82, 2.24) is 10.6 Å². The lowest BCUT2D eigenvalue weighted by atomic mass is 10.1. The third-order valence-electron chi connectivity index (χ3n) is 4.41. The minimum atomic E-state index is -0.614. The van der Waals surface area contributed by atoms with Crippen LogP contribution in [0.3, 0.4) is 0 Å². The molecule has 2 unspecified atom stereocenters. The molecule has 0 saturated carbocycles. The summed E-state index contributed by atoms with van der Waals surface area (Å²) in [5.41, 5.74) is 1.90. The highest BCUT2D eigenvalue weighted by molar-refractivity contribution is 8.15. The molecule has 30 heavy (non-hydrogen) atoms. The molecule has 160 valence electrons. The minimum Gasteiger partial charge on any atom is -0.497 e. The molecule has 2 aromatic rings. The number of anilines is 1. The van der Waals surface area contributed by atoms with Gasteiger partial charge in [0.2, 0.25) is 0 Å². The number of hydrogen-bond donors (Lipinski definition) is 4. The van der Waals surface area contributed by atoms with E-state index in [4.69, 9.17) is 9.47 Å². The van der Waals surface area contributed by atoms with Crippen LogP contribution < -0.4 is 25.4 Å². The summed E-state index contributed by atoms with van der Waals surface area (Å²) in [6.07, 6.45) is 0.181. The van der Waals surface area contributed by atoms with Crippen molar-refractivity contribution in [2.24, 2.45) is 0 Å². The molecule has 1 aliphatic heterocycles. The fourth-order valence-corrected chi connectivity index (χ4v) is 3.53. The molecule has 8 nitrogen and oxygen atoms in total. The number of aliphatic hydroxyl groups is 1. The second-order valence-corrected chi connectivity index (χ2v) is 7.79. The van der Waals surface area contributed by atoms with Crippen LogP contribution in [0.5, 0.6) is 11.5 Å². The van der Waals surface area contributed by atoms with Gasteiger partial charge in [0.05, 0.1) is 7.11 Å². The predicted molar refractivity (Wildman–Crippen MR) is 116 cm³/mol. The number of methoxy groups -OCH3 is 1. The number of ether oxygens (including phenoxy) is 2. The highest BCUT2D eigenvalue weighted by Crippen LogP contribution is 2.22. The van der Waals surface area contributed by atoms with Gasteiger partial charge in [0.25, 0.3) is 11.1 Å². The second kappa shape index (κ2) is 10.9. The molecule has 2 aromatic carbocycles. The Kier molecular flexibility index (Phi) is 7.95. The summed E-state index contributed by atoms with van der Waals surface area (Å²) < 4.78 is 10.7. The Morgan fingerprint density at radius 3 is 2.43 bits per heavy atom. The molecule has 9 heteroatoms. The molecule has 0 radical (unpaired) electrons. The van der Waals surface area contributed by atoms with Gasteiger partial charge in [-0.2, -0.15) is 0 Å². The third-order valence-corrected chi connectivity index (χ3v) is 5.30. The summed E-state index contributed by atoms with van der Waals surface area (Å²) in [4.78, 5) is 22.8. The number of hydrogen-bond acceptors (Lipinski definition) is 8. The van der Waals surface area contributed by atoms with Crippen LogP contribution >= 0.6 is 11.8 Å². The highest BCUT2D eigenvalue weighted by Gasteiger charge is 2.31. The predicted octanol–water partition coefficient (Wildman–Crippen LogP) is 1.99. The third kappa shape index (κ3) is 6.65. The summed E-state index contributed by atoms with van der Waals surface area (Å²) >= 11 is 0.936. The van der Waals surface area contributed by atoms with E-state index in [1.807, 2.05) is 36.4 Å². The lowest BCUT2D eigenvalue weighted by Crippen LogP contribution is -2.32.